The second-order valence-corrected chi connectivity index (χ2v) is 16.0. The Hall–Kier alpha value is -6.88. The largest absolute Gasteiger partial charge is 0.340 e. The molecule has 0 bridgehead atoms. The van der Waals surface area contributed by atoms with Crippen molar-refractivity contribution in [3.63, 3.8) is 0 Å². The quantitative estimate of drug-likeness (QED) is 0.135. The van der Waals surface area contributed by atoms with Crippen LogP contribution in [-0.4, -0.2) is 85.8 Å². The van der Waals surface area contributed by atoms with Crippen molar-refractivity contribution in [3.05, 3.63) is 169 Å². The summed E-state index contributed by atoms with van der Waals surface area (Å²) in [6.07, 6.45) is 5.52. The molecule has 1 amide bonds. The summed E-state index contributed by atoms with van der Waals surface area (Å²) in [5.41, 5.74) is 9.46. The maximum atomic E-state index is 14.4. The number of imidazole rings is 2. The van der Waals surface area contributed by atoms with Crippen LogP contribution in [0, 0.1) is 0 Å². The van der Waals surface area contributed by atoms with Crippen LogP contribution in [0.4, 0.5) is 0 Å². The molecule has 1 saturated heterocycles. The summed E-state index contributed by atoms with van der Waals surface area (Å²) in [7, 11) is 7.78. The number of likely N-dealkylation sites (tertiary alicyclic amines) is 1. The third kappa shape index (κ3) is 7.36. The van der Waals surface area contributed by atoms with Crippen molar-refractivity contribution in [2.24, 2.45) is 0 Å². The van der Waals surface area contributed by atoms with Gasteiger partial charge in [0.05, 0.1) is 41.0 Å². The summed E-state index contributed by atoms with van der Waals surface area (Å²) >= 11 is 0. The van der Waals surface area contributed by atoms with Crippen molar-refractivity contribution in [2.45, 2.75) is 31.0 Å². The van der Waals surface area contributed by atoms with E-state index in [0.29, 0.717) is 18.1 Å². The lowest BCUT2D eigenvalue weighted by Crippen LogP contribution is -2.40. The van der Waals surface area contributed by atoms with Gasteiger partial charge in [0.2, 0.25) is 5.91 Å². The van der Waals surface area contributed by atoms with E-state index in [1.54, 1.807) is 4.57 Å². The Morgan fingerprint density at radius 2 is 1.13 bits per heavy atom. The van der Waals surface area contributed by atoms with Crippen molar-refractivity contribution >= 4 is 22.7 Å². The molecule has 0 saturated carbocycles. The number of H-pyrrole nitrogens is 2. The minimum Gasteiger partial charge on any atom is -0.340 e. The van der Waals surface area contributed by atoms with Gasteiger partial charge in [-0.05, 0) is 86.5 Å². The van der Waals surface area contributed by atoms with E-state index in [4.69, 9.17) is 9.97 Å². The first-order valence-electron chi connectivity index (χ1n) is 20.4. The number of likely N-dealkylation sites (N-methyl/N-ethyl adjacent to an activating group) is 2. The van der Waals surface area contributed by atoms with Gasteiger partial charge in [0.25, 0.3) is 5.91 Å². The highest BCUT2D eigenvalue weighted by atomic mass is 16.2. The molecule has 1 aliphatic rings. The lowest BCUT2D eigenvalue weighted by molar-refractivity contribution is -0.137. The molecule has 300 valence electrons. The van der Waals surface area contributed by atoms with Crippen LogP contribution in [0.15, 0.2) is 152 Å². The Morgan fingerprint density at radius 3 is 1.73 bits per heavy atom. The summed E-state index contributed by atoms with van der Waals surface area (Å²) in [4.78, 5) is 51.0. The maximum Gasteiger partial charge on any atom is 0.253 e. The molecule has 60 heavy (non-hydrogen) atoms. The van der Waals surface area contributed by atoms with Gasteiger partial charge >= 0.3 is 0 Å². The number of amides is 1. The van der Waals surface area contributed by atoms with Gasteiger partial charge < -0.3 is 14.9 Å². The molecule has 4 heterocycles. The fourth-order valence-corrected chi connectivity index (χ4v) is 8.69. The van der Waals surface area contributed by atoms with E-state index in [9.17, 15) is 9.59 Å². The van der Waals surface area contributed by atoms with Crippen molar-refractivity contribution in [2.75, 3.05) is 34.7 Å². The number of rotatable bonds is 11. The lowest BCUT2D eigenvalue weighted by Gasteiger charge is -2.31. The van der Waals surface area contributed by atoms with E-state index < -0.39 is 6.04 Å². The maximum absolute atomic E-state index is 14.4. The number of para-hydroxylation sites is 1. The summed E-state index contributed by atoms with van der Waals surface area (Å²) in [6.45, 7) is 0.713. The molecule has 5 aromatic carbocycles. The molecular formula is C50H48N8O2. The Bertz CT molecular complexity index is 2750. The monoisotopic (exact) mass is 792 g/mol. The summed E-state index contributed by atoms with van der Waals surface area (Å²) in [6, 6.07) is 45.8. The molecule has 1 fully saturated rings. The fraction of sp³-hybridized carbons (Fsp3) is 0.200. The second-order valence-electron chi connectivity index (χ2n) is 16.0. The van der Waals surface area contributed by atoms with Gasteiger partial charge in [-0.25, -0.2) is 9.97 Å². The molecule has 0 aliphatic carbocycles. The Morgan fingerprint density at radius 1 is 0.617 bits per heavy atom. The van der Waals surface area contributed by atoms with Gasteiger partial charge in [0.1, 0.15) is 17.9 Å². The van der Waals surface area contributed by atoms with E-state index in [1.807, 2.05) is 146 Å². The summed E-state index contributed by atoms with van der Waals surface area (Å²) in [5.74, 6) is 1.50. The van der Waals surface area contributed by atoms with Gasteiger partial charge in [-0.3, -0.25) is 24.0 Å². The minimum absolute atomic E-state index is 0.0477. The van der Waals surface area contributed by atoms with Crippen molar-refractivity contribution in [1.82, 2.24) is 39.2 Å². The zero-order valence-corrected chi connectivity index (χ0v) is 34.3. The zero-order valence-electron chi connectivity index (χ0n) is 34.3. The number of carbonyl (C=O) groups excluding carboxylic acids is 2. The van der Waals surface area contributed by atoms with Crippen LogP contribution >= 0.6 is 0 Å². The smallest absolute Gasteiger partial charge is 0.253 e. The molecule has 1 aliphatic heterocycles. The second kappa shape index (κ2) is 16.4. The van der Waals surface area contributed by atoms with Crippen LogP contribution in [0.5, 0.6) is 0 Å². The molecule has 9 rings (SSSR count). The van der Waals surface area contributed by atoms with Crippen molar-refractivity contribution < 1.29 is 9.59 Å². The molecule has 2 N–H and O–H groups in total. The molecule has 8 aromatic rings. The number of aromatic nitrogens is 5. The summed E-state index contributed by atoms with van der Waals surface area (Å²) in [5, 5.41) is 0.970. The topological polar surface area (TPSA) is 106 Å². The Labute approximate surface area is 350 Å². The number of benzene rings is 5. The first kappa shape index (κ1) is 38.6. The van der Waals surface area contributed by atoms with Gasteiger partial charge in [0, 0.05) is 11.9 Å². The van der Waals surface area contributed by atoms with Crippen LogP contribution in [0.1, 0.15) is 52.7 Å². The third-order valence-corrected chi connectivity index (χ3v) is 11.7. The molecule has 0 spiro atoms. The van der Waals surface area contributed by atoms with E-state index in [-0.39, 0.29) is 23.9 Å². The molecule has 0 radical (unpaired) electrons. The number of hydrogen-bond acceptors (Lipinski definition) is 6. The predicted octanol–water partition coefficient (Wildman–Crippen LogP) is 9.66. The molecule has 10 nitrogen and oxygen atoms in total. The number of fused-ring (bicyclic) bond motifs is 1. The van der Waals surface area contributed by atoms with Gasteiger partial charge in [0.15, 0.2) is 5.82 Å². The molecule has 10 heteroatoms. The van der Waals surface area contributed by atoms with E-state index in [0.717, 1.165) is 74.3 Å². The third-order valence-electron chi connectivity index (χ3n) is 11.7. The number of aromatic amines is 2. The average molecular weight is 793 g/mol. The van der Waals surface area contributed by atoms with Crippen LogP contribution in [0.25, 0.3) is 56.1 Å². The number of carbonyl (C=O) groups is 2. The predicted molar refractivity (Wildman–Crippen MR) is 238 cm³/mol. The van der Waals surface area contributed by atoms with Gasteiger partial charge in [-0.15, -0.1) is 0 Å². The van der Waals surface area contributed by atoms with E-state index in [1.165, 1.54) is 0 Å². The number of nitrogens with one attached hydrogen (secondary N) is 2. The van der Waals surface area contributed by atoms with Gasteiger partial charge in [-0.1, -0.05) is 127 Å². The first-order valence-corrected chi connectivity index (χ1v) is 20.4. The Kier molecular flexibility index (Phi) is 10.6. The highest BCUT2D eigenvalue weighted by Crippen LogP contribution is 2.36. The number of nitrogens with zero attached hydrogens (tertiary/aromatic N) is 6. The van der Waals surface area contributed by atoms with Crippen molar-refractivity contribution in [3.8, 4) is 45.2 Å². The van der Waals surface area contributed by atoms with E-state index >= 15 is 0 Å². The normalized spacial score (nSPS) is 15.2. The molecule has 1 unspecified atom stereocenters. The summed E-state index contributed by atoms with van der Waals surface area (Å²) < 4.78 is 1.80. The van der Waals surface area contributed by atoms with E-state index in [2.05, 4.69) is 58.5 Å². The lowest BCUT2D eigenvalue weighted by atomic mass is 10.0. The highest BCUT2D eigenvalue weighted by molar-refractivity contribution is 6.00. The molecule has 3 aromatic heterocycles. The van der Waals surface area contributed by atoms with Crippen LogP contribution in [0.3, 0.4) is 0 Å². The molecule has 3 atom stereocenters. The zero-order chi connectivity index (χ0) is 41.3. The fourth-order valence-electron chi connectivity index (χ4n) is 8.69. The standard InChI is InChI=1S/C50H48N8O2/c1-55(2)45(37-14-7-5-8-15-37)49(59)57-29-13-20-43(57)47-51-31-40(53-47)35-25-21-33(22-26-35)34-23-27-36(28-24-34)41-32-52-48(54-41)44-30-39-18-11-12-19-42(39)58(44)50(60)46(56(3)4)38-16-9-6-10-17-38/h5-12,14-19,21-28,30-32,43,45-46H,13,20,29H2,1-4H3,(H,51,53)(H,52,54)/t43-,45+,46?/m0/s1. The number of hydrogen-bond donors (Lipinski definition) is 2. The van der Waals surface area contributed by atoms with Gasteiger partial charge in [-0.2, -0.15) is 0 Å². The first-order chi connectivity index (χ1) is 29.2. The van der Waals surface area contributed by atoms with Crippen LogP contribution in [-0.2, 0) is 4.79 Å². The minimum atomic E-state index is -0.476. The Balaban J connectivity index is 0.916. The highest BCUT2D eigenvalue weighted by Gasteiger charge is 2.37. The molecular weight excluding hydrogens is 745 g/mol. The van der Waals surface area contributed by atoms with Crippen molar-refractivity contribution in [1.29, 1.82) is 0 Å². The average Bonchev–Trinajstić information content (AvgIpc) is 4.11. The van der Waals surface area contributed by atoms with Crippen LogP contribution in [0.2, 0.25) is 0 Å². The SMILES string of the molecule is CN(C)C(C(=O)n1c(-c2ncc(-c3ccc(-c4ccc(-c5cnc([C@@H]6CCCN6C(=O)[C@@H](c6ccccc6)N(C)C)[nH]5)cc4)cc3)[nH]2)cc2ccccc21)c1ccccc1. The van der Waals surface area contributed by atoms with Crippen LogP contribution < -0.4 is 0 Å².